The van der Waals surface area contributed by atoms with Gasteiger partial charge in [-0.25, -0.2) is 0 Å². The number of methoxy groups -OCH3 is 2. The van der Waals surface area contributed by atoms with Gasteiger partial charge in [0.25, 0.3) is 0 Å². The number of hydrazine groups is 1. The molecular weight excluding hydrogens is 308 g/mol. The van der Waals surface area contributed by atoms with Crippen molar-refractivity contribution >= 4 is 15.9 Å². The molecular formula is C14H23BrN2O2. The summed E-state index contributed by atoms with van der Waals surface area (Å²) in [5, 5.41) is 0. The lowest BCUT2D eigenvalue weighted by Crippen LogP contribution is -2.46. The fourth-order valence-corrected chi connectivity index (χ4v) is 2.55. The predicted molar refractivity (Wildman–Crippen MR) is 81.2 cm³/mol. The molecule has 1 aromatic rings. The van der Waals surface area contributed by atoms with Gasteiger partial charge in [-0.3, -0.25) is 11.3 Å². The fourth-order valence-electron chi connectivity index (χ4n) is 2.14. The summed E-state index contributed by atoms with van der Waals surface area (Å²) in [6.45, 7) is 2.14. The minimum Gasteiger partial charge on any atom is -0.497 e. The van der Waals surface area contributed by atoms with E-state index < -0.39 is 0 Å². The molecule has 0 aliphatic rings. The monoisotopic (exact) mass is 330 g/mol. The molecule has 0 aliphatic carbocycles. The van der Waals surface area contributed by atoms with Crippen LogP contribution in [-0.4, -0.2) is 26.4 Å². The van der Waals surface area contributed by atoms with Crippen LogP contribution in [0.2, 0.25) is 0 Å². The molecule has 2 unspecified atom stereocenters. The zero-order chi connectivity index (χ0) is 14.3. The predicted octanol–water partition coefficient (Wildman–Crippen LogP) is 2.65. The second-order valence-electron chi connectivity index (χ2n) is 4.50. The largest absolute Gasteiger partial charge is 0.497 e. The van der Waals surface area contributed by atoms with Crippen molar-refractivity contribution in [1.29, 1.82) is 0 Å². The third kappa shape index (κ3) is 4.76. The van der Waals surface area contributed by atoms with Crippen LogP contribution in [0.15, 0.2) is 22.7 Å². The van der Waals surface area contributed by atoms with Crippen LogP contribution in [0.1, 0.15) is 25.3 Å². The third-order valence-electron chi connectivity index (χ3n) is 3.23. The second kappa shape index (κ2) is 8.53. The van der Waals surface area contributed by atoms with Crippen LogP contribution in [0, 0.1) is 0 Å². The Kier molecular flexibility index (Phi) is 7.38. The number of hydrogen-bond acceptors (Lipinski definition) is 4. The van der Waals surface area contributed by atoms with E-state index in [1.165, 1.54) is 0 Å². The van der Waals surface area contributed by atoms with Crippen molar-refractivity contribution in [2.45, 2.75) is 38.3 Å². The molecule has 2 atom stereocenters. The first-order valence-electron chi connectivity index (χ1n) is 6.47. The highest BCUT2D eigenvalue weighted by molar-refractivity contribution is 9.10. The molecule has 0 saturated carbocycles. The van der Waals surface area contributed by atoms with E-state index in [2.05, 4.69) is 28.3 Å². The summed E-state index contributed by atoms with van der Waals surface area (Å²) in [6, 6.07) is 6.02. The maximum Gasteiger partial charge on any atom is 0.119 e. The van der Waals surface area contributed by atoms with Crippen molar-refractivity contribution in [2.75, 3.05) is 14.2 Å². The van der Waals surface area contributed by atoms with Crippen molar-refractivity contribution in [3.8, 4) is 5.75 Å². The normalized spacial score (nSPS) is 14.2. The van der Waals surface area contributed by atoms with Crippen LogP contribution in [-0.2, 0) is 11.2 Å². The molecule has 0 aromatic heterocycles. The lowest BCUT2D eigenvalue weighted by atomic mass is 9.98. The zero-order valence-corrected chi connectivity index (χ0v) is 13.4. The summed E-state index contributed by atoms with van der Waals surface area (Å²) in [6.07, 6.45) is 2.93. The summed E-state index contributed by atoms with van der Waals surface area (Å²) in [7, 11) is 3.39. The molecule has 0 spiro atoms. The fraction of sp³-hybridized carbons (Fsp3) is 0.571. The summed E-state index contributed by atoms with van der Waals surface area (Å²) in [5.41, 5.74) is 4.02. The highest BCUT2D eigenvalue weighted by Gasteiger charge is 2.20. The first-order chi connectivity index (χ1) is 9.15. The van der Waals surface area contributed by atoms with E-state index in [1.54, 1.807) is 14.2 Å². The maximum atomic E-state index is 5.67. The Bertz CT molecular complexity index is 388. The molecule has 4 nitrogen and oxygen atoms in total. The Morgan fingerprint density at radius 2 is 2.11 bits per heavy atom. The van der Waals surface area contributed by atoms with Crippen molar-refractivity contribution < 1.29 is 9.47 Å². The van der Waals surface area contributed by atoms with E-state index >= 15 is 0 Å². The minimum absolute atomic E-state index is 0.0772. The van der Waals surface area contributed by atoms with Crippen LogP contribution in [0.5, 0.6) is 5.75 Å². The molecule has 0 heterocycles. The Balaban J connectivity index is 2.84. The summed E-state index contributed by atoms with van der Waals surface area (Å²) in [5.74, 6) is 6.52. The van der Waals surface area contributed by atoms with E-state index in [1.807, 2.05) is 18.2 Å². The Hall–Kier alpha value is -0.620. The van der Waals surface area contributed by atoms with Crippen LogP contribution in [0.25, 0.3) is 0 Å². The molecule has 3 N–H and O–H groups in total. The molecule has 0 bridgehead atoms. The molecule has 1 rings (SSSR count). The molecule has 5 heteroatoms. The van der Waals surface area contributed by atoms with Crippen molar-refractivity contribution in [3.05, 3.63) is 28.2 Å². The molecule has 0 radical (unpaired) electrons. The zero-order valence-electron chi connectivity index (χ0n) is 11.8. The van der Waals surface area contributed by atoms with Gasteiger partial charge < -0.3 is 9.47 Å². The van der Waals surface area contributed by atoms with Gasteiger partial charge in [-0.05, 0) is 36.6 Å². The van der Waals surface area contributed by atoms with Gasteiger partial charge in [0.2, 0.25) is 0 Å². The average molecular weight is 331 g/mol. The summed E-state index contributed by atoms with van der Waals surface area (Å²) in [4.78, 5) is 0. The molecule has 108 valence electrons. The van der Waals surface area contributed by atoms with E-state index in [0.717, 1.165) is 35.0 Å². The van der Waals surface area contributed by atoms with Gasteiger partial charge in [-0.2, -0.15) is 0 Å². The van der Waals surface area contributed by atoms with Gasteiger partial charge in [0.1, 0.15) is 5.75 Å². The number of halogens is 1. The van der Waals surface area contributed by atoms with Crippen LogP contribution in [0.4, 0.5) is 0 Å². The number of rotatable bonds is 8. The Morgan fingerprint density at radius 1 is 1.37 bits per heavy atom. The number of hydrogen-bond donors (Lipinski definition) is 2. The molecule has 0 saturated heterocycles. The van der Waals surface area contributed by atoms with Gasteiger partial charge in [0, 0.05) is 11.6 Å². The highest BCUT2D eigenvalue weighted by atomic mass is 79.9. The number of nitrogens with one attached hydrogen (secondary N) is 1. The van der Waals surface area contributed by atoms with Gasteiger partial charge in [-0.1, -0.05) is 29.3 Å². The molecule has 0 aliphatic heterocycles. The van der Waals surface area contributed by atoms with E-state index in [9.17, 15) is 0 Å². The van der Waals surface area contributed by atoms with E-state index in [-0.39, 0.29) is 12.1 Å². The third-order valence-corrected chi connectivity index (χ3v) is 4.01. The SMILES string of the molecule is CCCC(OC)C(Cc1cc(OC)ccc1Br)NN. The first kappa shape index (κ1) is 16.4. The van der Waals surface area contributed by atoms with Crippen LogP contribution >= 0.6 is 15.9 Å². The topological polar surface area (TPSA) is 56.5 Å². The minimum atomic E-state index is 0.0772. The number of nitrogens with two attached hydrogens (primary N) is 1. The second-order valence-corrected chi connectivity index (χ2v) is 5.35. The van der Waals surface area contributed by atoms with Gasteiger partial charge in [0.05, 0.1) is 19.3 Å². The van der Waals surface area contributed by atoms with Gasteiger partial charge in [-0.15, -0.1) is 0 Å². The molecule has 0 fully saturated rings. The number of ether oxygens (including phenoxy) is 2. The van der Waals surface area contributed by atoms with Crippen molar-refractivity contribution in [3.63, 3.8) is 0 Å². The quantitative estimate of drug-likeness (QED) is 0.568. The number of benzene rings is 1. The standard InChI is InChI=1S/C14H23BrN2O2/c1-4-5-14(19-3)13(17-16)9-10-8-11(18-2)6-7-12(10)15/h6-8,13-14,17H,4-5,9,16H2,1-3H3. The highest BCUT2D eigenvalue weighted by Crippen LogP contribution is 2.24. The van der Waals surface area contributed by atoms with Gasteiger partial charge in [0.15, 0.2) is 0 Å². The Morgan fingerprint density at radius 3 is 2.63 bits per heavy atom. The lowest BCUT2D eigenvalue weighted by Gasteiger charge is -2.25. The lowest BCUT2D eigenvalue weighted by molar-refractivity contribution is 0.0608. The molecule has 0 amide bonds. The van der Waals surface area contributed by atoms with E-state index in [4.69, 9.17) is 15.3 Å². The molecule has 19 heavy (non-hydrogen) atoms. The van der Waals surface area contributed by atoms with E-state index in [0.29, 0.717) is 0 Å². The Labute approximate surface area is 123 Å². The van der Waals surface area contributed by atoms with Crippen molar-refractivity contribution in [2.24, 2.45) is 5.84 Å². The first-order valence-corrected chi connectivity index (χ1v) is 7.26. The molecule has 1 aromatic carbocycles. The van der Waals surface area contributed by atoms with Gasteiger partial charge >= 0.3 is 0 Å². The van der Waals surface area contributed by atoms with Crippen LogP contribution < -0.4 is 16.0 Å². The maximum absolute atomic E-state index is 5.67. The smallest absolute Gasteiger partial charge is 0.119 e. The average Bonchev–Trinajstić information content (AvgIpc) is 2.44. The summed E-state index contributed by atoms with van der Waals surface area (Å²) < 4.78 is 11.8. The summed E-state index contributed by atoms with van der Waals surface area (Å²) >= 11 is 3.56. The van der Waals surface area contributed by atoms with Crippen LogP contribution in [0.3, 0.4) is 0 Å². The van der Waals surface area contributed by atoms with Crippen molar-refractivity contribution in [1.82, 2.24) is 5.43 Å².